The Morgan fingerprint density at radius 3 is 2.79 bits per heavy atom. The van der Waals surface area contributed by atoms with Crippen molar-refractivity contribution in [3.05, 3.63) is 65.1 Å². The fourth-order valence-corrected chi connectivity index (χ4v) is 3.07. The molecule has 0 unspecified atom stereocenters. The van der Waals surface area contributed by atoms with Crippen LogP contribution in [0.25, 0.3) is 22.4 Å². The summed E-state index contributed by atoms with van der Waals surface area (Å²) in [6.07, 6.45) is 0.626. The van der Waals surface area contributed by atoms with Gasteiger partial charge in [-0.2, -0.15) is 5.10 Å². The highest BCUT2D eigenvalue weighted by Gasteiger charge is 2.17. The minimum Gasteiger partial charge on any atom is -0.366 e. The fraction of sp³-hybridized carbons (Fsp3) is 0.150. The second-order valence-corrected chi connectivity index (χ2v) is 6.43. The first-order valence-electron chi connectivity index (χ1n) is 9.06. The zero-order chi connectivity index (χ0) is 20.4. The number of fused-ring (bicyclic) bond motifs is 1. The standard InChI is InChI=1S/C20H18FN7O/c1-2-15-19(23-10-11-5-3-6-12(21)9-11)24-20(28-25-15)17-13-7-4-8-14(18(22)29)16(13)26-27-17/h3-9H,2,10H2,1H3,(H2,22,29)(H,26,27)(H,23,24,28). The minimum atomic E-state index is -0.563. The zero-order valence-corrected chi connectivity index (χ0v) is 15.6. The molecule has 0 atom stereocenters. The van der Waals surface area contributed by atoms with Gasteiger partial charge in [-0.15, -0.1) is 10.2 Å². The predicted octanol–water partition coefficient (Wildman–Crippen LogP) is 2.83. The molecule has 0 radical (unpaired) electrons. The molecule has 0 saturated heterocycles. The van der Waals surface area contributed by atoms with Gasteiger partial charge < -0.3 is 11.1 Å². The summed E-state index contributed by atoms with van der Waals surface area (Å²) in [5.41, 5.74) is 8.19. The molecule has 2 aromatic carbocycles. The molecule has 4 aromatic rings. The van der Waals surface area contributed by atoms with Crippen molar-refractivity contribution in [2.75, 3.05) is 5.32 Å². The summed E-state index contributed by atoms with van der Waals surface area (Å²) in [6, 6.07) is 11.5. The first kappa shape index (κ1) is 18.5. The molecule has 0 bridgehead atoms. The summed E-state index contributed by atoms with van der Waals surface area (Å²) in [6.45, 7) is 2.34. The summed E-state index contributed by atoms with van der Waals surface area (Å²) in [5.74, 6) is 0.0193. The number of para-hydroxylation sites is 1. The zero-order valence-electron chi connectivity index (χ0n) is 15.6. The molecule has 2 heterocycles. The van der Waals surface area contributed by atoms with Gasteiger partial charge in [-0.05, 0) is 30.2 Å². The van der Waals surface area contributed by atoms with Gasteiger partial charge in [0, 0.05) is 11.9 Å². The lowest BCUT2D eigenvalue weighted by molar-refractivity contribution is 0.100. The maximum absolute atomic E-state index is 13.4. The van der Waals surface area contributed by atoms with Crippen LogP contribution in [0, 0.1) is 5.82 Å². The van der Waals surface area contributed by atoms with Gasteiger partial charge in [0.2, 0.25) is 5.82 Å². The average Bonchev–Trinajstić information content (AvgIpc) is 3.16. The molecule has 0 aliphatic heterocycles. The molecular formula is C20H18FN7O. The summed E-state index contributed by atoms with van der Waals surface area (Å²) < 4.78 is 13.4. The topological polar surface area (TPSA) is 122 Å². The van der Waals surface area contributed by atoms with Crippen molar-refractivity contribution in [3.63, 3.8) is 0 Å². The maximum atomic E-state index is 13.4. The van der Waals surface area contributed by atoms with Crippen LogP contribution in [0.4, 0.5) is 10.2 Å². The molecule has 0 spiro atoms. The molecular weight excluding hydrogens is 373 g/mol. The summed E-state index contributed by atoms with van der Waals surface area (Å²) in [4.78, 5) is 16.2. The molecule has 1 amide bonds. The largest absolute Gasteiger partial charge is 0.366 e. The smallest absolute Gasteiger partial charge is 0.250 e. The first-order chi connectivity index (χ1) is 14.1. The molecule has 0 saturated carbocycles. The number of nitrogens with one attached hydrogen (secondary N) is 2. The highest BCUT2D eigenvalue weighted by Crippen LogP contribution is 2.26. The van der Waals surface area contributed by atoms with E-state index in [0.717, 1.165) is 5.56 Å². The number of nitrogens with zero attached hydrogens (tertiary/aromatic N) is 4. The SMILES string of the molecule is CCc1nnc(-c2[nH]nc3c(C(N)=O)cccc23)nc1NCc1cccc(F)c1. The van der Waals surface area contributed by atoms with Crippen molar-refractivity contribution in [1.29, 1.82) is 0 Å². The number of hydrogen-bond donors (Lipinski definition) is 3. The van der Waals surface area contributed by atoms with E-state index in [0.29, 0.717) is 52.5 Å². The Hall–Kier alpha value is -3.88. The van der Waals surface area contributed by atoms with Gasteiger partial charge in [0.05, 0.1) is 5.56 Å². The number of H-pyrrole nitrogens is 1. The van der Waals surface area contributed by atoms with Crippen LogP contribution in [-0.4, -0.2) is 31.3 Å². The van der Waals surface area contributed by atoms with Crippen LogP contribution in [0.1, 0.15) is 28.5 Å². The highest BCUT2D eigenvalue weighted by atomic mass is 19.1. The number of primary amides is 1. The second kappa shape index (κ2) is 7.63. The van der Waals surface area contributed by atoms with Gasteiger partial charge in [0.25, 0.3) is 5.91 Å². The van der Waals surface area contributed by atoms with E-state index in [1.807, 2.05) is 13.0 Å². The van der Waals surface area contributed by atoms with Crippen LogP contribution in [0.2, 0.25) is 0 Å². The molecule has 4 rings (SSSR count). The molecule has 0 aliphatic carbocycles. The van der Waals surface area contributed by atoms with E-state index in [1.54, 1.807) is 24.3 Å². The Labute approximate surface area is 165 Å². The van der Waals surface area contributed by atoms with Gasteiger partial charge in [-0.25, -0.2) is 9.37 Å². The van der Waals surface area contributed by atoms with Crippen LogP contribution in [0.3, 0.4) is 0 Å². The monoisotopic (exact) mass is 391 g/mol. The number of carbonyl (C=O) groups is 1. The van der Waals surface area contributed by atoms with Crippen molar-refractivity contribution in [1.82, 2.24) is 25.4 Å². The van der Waals surface area contributed by atoms with Gasteiger partial charge in [0.1, 0.15) is 22.7 Å². The first-order valence-corrected chi connectivity index (χ1v) is 9.06. The van der Waals surface area contributed by atoms with E-state index in [2.05, 4.69) is 30.7 Å². The van der Waals surface area contributed by atoms with E-state index >= 15 is 0 Å². The Morgan fingerprint density at radius 1 is 1.21 bits per heavy atom. The number of amides is 1. The lowest BCUT2D eigenvalue weighted by atomic mass is 10.1. The third-order valence-electron chi connectivity index (χ3n) is 4.51. The quantitative estimate of drug-likeness (QED) is 0.464. The molecule has 4 N–H and O–H groups in total. The number of aromatic nitrogens is 5. The Morgan fingerprint density at radius 2 is 2.03 bits per heavy atom. The Balaban J connectivity index is 1.70. The number of nitrogens with two attached hydrogens (primary N) is 1. The van der Waals surface area contributed by atoms with Gasteiger partial charge >= 0.3 is 0 Å². The van der Waals surface area contributed by atoms with Crippen LogP contribution in [0.5, 0.6) is 0 Å². The Bertz CT molecular complexity index is 1200. The predicted molar refractivity (Wildman–Crippen MR) is 107 cm³/mol. The maximum Gasteiger partial charge on any atom is 0.250 e. The minimum absolute atomic E-state index is 0.296. The molecule has 0 fully saturated rings. The number of aryl methyl sites for hydroxylation is 1. The third-order valence-corrected chi connectivity index (χ3v) is 4.51. The summed E-state index contributed by atoms with van der Waals surface area (Å²) >= 11 is 0. The van der Waals surface area contributed by atoms with Crippen molar-refractivity contribution < 1.29 is 9.18 Å². The van der Waals surface area contributed by atoms with Crippen LogP contribution >= 0.6 is 0 Å². The lowest BCUT2D eigenvalue weighted by Gasteiger charge is -2.10. The molecule has 146 valence electrons. The normalized spacial score (nSPS) is 11.0. The summed E-state index contributed by atoms with van der Waals surface area (Å²) in [5, 5.41) is 19.4. The van der Waals surface area contributed by atoms with E-state index in [1.165, 1.54) is 12.1 Å². The number of hydrogen-bond acceptors (Lipinski definition) is 6. The van der Waals surface area contributed by atoms with E-state index in [4.69, 9.17) is 5.73 Å². The van der Waals surface area contributed by atoms with Crippen LogP contribution < -0.4 is 11.1 Å². The van der Waals surface area contributed by atoms with E-state index < -0.39 is 5.91 Å². The number of carbonyl (C=O) groups excluding carboxylic acids is 1. The van der Waals surface area contributed by atoms with Crippen molar-refractivity contribution in [2.45, 2.75) is 19.9 Å². The van der Waals surface area contributed by atoms with Gasteiger partial charge in [0.15, 0.2) is 5.82 Å². The third kappa shape index (κ3) is 3.62. The number of rotatable bonds is 6. The molecule has 8 nitrogen and oxygen atoms in total. The summed E-state index contributed by atoms with van der Waals surface area (Å²) in [7, 11) is 0. The van der Waals surface area contributed by atoms with Crippen molar-refractivity contribution in [3.8, 4) is 11.5 Å². The van der Waals surface area contributed by atoms with Crippen LogP contribution in [-0.2, 0) is 13.0 Å². The molecule has 0 aliphatic rings. The molecule has 29 heavy (non-hydrogen) atoms. The number of halogens is 1. The lowest BCUT2D eigenvalue weighted by Crippen LogP contribution is -2.11. The van der Waals surface area contributed by atoms with Crippen molar-refractivity contribution in [2.24, 2.45) is 5.73 Å². The number of benzene rings is 2. The van der Waals surface area contributed by atoms with Crippen LogP contribution in [0.15, 0.2) is 42.5 Å². The van der Waals surface area contributed by atoms with Crippen molar-refractivity contribution >= 4 is 22.6 Å². The van der Waals surface area contributed by atoms with E-state index in [9.17, 15) is 9.18 Å². The highest BCUT2D eigenvalue weighted by molar-refractivity contribution is 6.07. The average molecular weight is 391 g/mol. The fourth-order valence-electron chi connectivity index (χ4n) is 3.07. The van der Waals surface area contributed by atoms with Gasteiger partial charge in [-0.3, -0.25) is 9.89 Å². The molecule has 2 aromatic heterocycles. The second-order valence-electron chi connectivity index (χ2n) is 6.43. The Kier molecular flexibility index (Phi) is 4.86. The number of aromatic amines is 1. The number of anilines is 1. The van der Waals surface area contributed by atoms with Gasteiger partial charge in [-0.1, -0.05) is 31.2 Å². The van der Waals surface area contributed by atoms with E-state index in [-0.39, 0.29) is 5.82 Å². The molecule has 9 heteroatoms.